The number of esters is 1. The highest BCUT2D eigenvalue weighted by Crippen LogP contribution is 2.26. The summed E-state index contributed by atoms with van der Waals surface area (Å²) in [4.78, 5) is 37.9. The Balaban J connectivity index is 2.08. The number of amides is 1. The van der Waals surface area contributed by atoms with Crippen LogP contribution in [0.1, 0.15) is 50.9 Å². The molecule has 140 valence electrons. The van der Waals surface area contributed by atoms with Crippen LogP contribution < -0.4 is 4.74 Å². The van der Waals surface area contributed by atoms with Gasteiger partial charge in [-0.3, -0.25) is 9.69 Å². The van der Waals surface area contributed by atoms with Gasteiger partial charge in [0, 0.05) is 24.9 Å². The molecule has 1 aromatic rings. The largest absolute Gasteiger partial charge is 0.444 e. The Hall–Kier alpha value is -2.63. The van der Waals surface area contributed by atoms with Crippen LogP contribution in [0.5, 0.6) is 5.75 Å². The molecule has 0 aromatic heterocycles. The first-order chi connectivity index (χ1) is 12.1. The zero-order valence-electron chi connectivity index (χ0n) is 15.7. The molecule has 6 nitrogen and oxygen atoms in total. The number of hydrogen-bond donors (Lipinski definition) is 0. The Morgan fingerprint density at radius 1 is 1.19 bits per heavy atom. The zero-order valence-corrected chi connectivity index (χ0v) is 15.7. The molecular weight excluding hydrogens is 334 g/mol. The normalized spacial score (nSPS) is 17.2. The zero-order chi connectivity index (χ0) is 19.5. The summed E-state index contributed by atoms with van der Waals surface area (Å²) in [5, 5.41) is 0. The van der Waals surface area contributed by atoms with E-state index in [4.69, 9.17) is 9.47 Å². The third-order valence-corrected chi connectivity index (χ3v) is 3.87. The number of Topliss-reactive ketones (excluding diaryl/α,β-unsaturated/α-hetero) is 1. The molecule has 0 radical (unpaired) electrons. The van der Waals surface area contributed by atoms with Crippen molar-refractivity contribution in [3.63, 3.8) is 0 Å². The third-order valence-electron chi connectivity index (χ3n) is 3.87. The molecule has 0 spiro atoms. The number of nitrogens with zero attached hydrogens (tertiary/aromatic N) is 1. The van der Waals surface area contributed by atoms with Gasteiger partial charge in [0.15, 0.2) is 5.78 Å². The highest BCUT2D eigenvalue weighted by Gasteiger charge is 2.39. The number of rotatable bonds is 4. The third kappa shape index (κ3) is 4.94. The van der Waals surface area contributed by atoms with Gasteiger partial charge in [0.1, 0.15) is 17.4 Å². The molecule has 1 aliphatic rings. The van der Waals surface area contributed by atoms with Crippen LogP contribution in [-0.2, 0) is 9.53 Å². The Bertz CT molecular complexity index is 715. The average Bonchev–Trinajstić information content (AvgIpc) is 2.95. The van der Waals surface area contributed by atoms with Crippen LogP contribution in [-0.4, -0.2) is 40.9 Å². The fourth-order valence-electron chi connectivity index (χ4n) is 2.62. The van der Waals surface area contributed by atoms with Crippen molar-refractivity contribution in [3.05, 3.63) is 42.0 Å². The van der Waals surface area contributed by atoms with Crippen molar-refractivity contribution in [2.24, 2.45) is 0 Å². The summed E-state index contributed by atoms with van der Waals surface area (Å²) in [6, 6.07) is 5.61. The summed E-state index contributed by atoms with van der Waals surface area (Å²) < 4.78 is 10.7. The molecule has 0 saturated carbocycles. The van der Waals surface area contributed by atoms with E-state index in [1.54, 1.807) is 52.0 Å². The first-order valence-corrected chi connectivity index (χ1v) is 8.62. The van der Waals surface area contributed by atoms with Crippen LogP contribution in [0.25, 0.3) is 0 Å². The van der Waals surface area contributed by atoms with Gasteiger partial charge in [-0.2, -0.15) is 0 Å². The minimum absolute atomic E-state index is 0.0195. The molecule has 1 atom stereocenters. The minimum atomic E-state index is -0.769. The Labute approximate surface area is 153 Å². The molecule has 2 rings (SSSR count). The predicted octanol–water partition coefficient (Wildman–Crippen LogP) is 3.75. The second-order valence-corrected chi connectivity index (χ2v) is 7.30. The Morgan fingerprint density at radius 2 is 1.81 bits per heavy atom. The van der Waals surface area contributed by atoms with Gasteiger partial charge in [0.25, 0.3) is 0 Å². The number of ether oxygens (including phenoxy) is 2. The van der Waals surface area contributed by atoms with Crippen LogP contribution in [0.4, 0.5) is 4.79 Å². The van der Waals surface area contributed by atoms with Gasteiger partial charge >= 0.3 is 12.1 Å². The van der Waals surface area contributed by atoms with Crippen molar-refractivity contribution < 1.29 is 23.9 Å². The monoisotopic (exact) mass is 359 g/mol. The fraction of sp³-hybridized carbons (Fsp3) is 0.450. The van der Waals surface area contributed by atoms with E-state index in [0.717, 1.165) is 5.57 Å². The molecular formula is C20H25NO5. The van der Waals surface area contributed by atoms with Gasteiger partial charge in [0.05, 0.1) is 0 Å². The summed E-state index contributed by atoms with van der Waals surface area (Å²) in [7, 11) is 0. The molecule has 0 bridgehead atoms. The van der Waals surface area contributed by atoms with Gasteiger partial charge in [0.2, 0.25) is 0 Å². The maximum atomic E-state index is 12.5. The van der Waals surface area contributed by atoms with Gasteiger partial charge in [-0.25, -0.2) is 9.59 Å². The summed E-state index contributed by atoms with van der Waals surface area (Å²) in [6.07, 6.45) is 0.181. The first-order valence-electron chi connectivity index (χ1n) is 8.62. The minimum Gasteiger partial charge on any atom is -0.444 e. The summed E-state index contributed by atoms with van der Waals surface area (Å²) >= 11 is 0. The number of hydrogen-bond acceptors (Lipinski definition) is 5. The van der Waals surface area contributed by atoms with E-state index in [0.29, 0.717) is 24.2 Å². The Morgan fingerprint density at radius 3 is 2.35 bits per heavy atom. The van der Waals surface area contributed by atoms with Crippen LogP contribution >= 0.6 is 0 Å². The molecule has 0 aliphatic carbocycles. The van der Waals surface area contributed by atoms with E-state index in [1.165, 1.54) is 4.90 Å². The fourth-order valence-corrected chi connectivity index (χ4v) is 2.62. The summed E-state index contributed by atoms with van der Waals surface area (Å²) in [6.45, 7) is 11.2. The van der Waals surface area contributed by atoms with E-state index >= 15 is 0 Å². The van der Waals surface area contributed by atoms with Crippen LogP contribution in [0.2, 0.25) is 0 Å². The lowest BCUT2D eigenvalue weighted by Crippen LogP contribution is -2.44. The molecule has 1 amide bonds. The van der Waals surface area contributed by atoms with E-state index in [1.807, 2.05) is 0 Å². The molecule has 1 aliphatic heterocycles. The van der Waals surface area contributed by atoms with E-state index in [2.05, 4.69) is 6.58 Å². The predicted molar refractivity (Wildman–Crippen MR) is 97.2 cm³/mol. The highest BCUT2D eigenvalue weighted by atomic mass is 16.6. The smallest absolute Gasteiger partial charge is 0.411 e. The van der Waals surface area contributed by atoms with Crippen molar-refractivity contribution in [1.29, 1.82) is 0 Å². The van der Waals surface area contributed by atoms with Gasteiger partial charge < -0.3 is 9.47 Å². The van der Waals surface area contributed by atoms with E-state index in [9.17, 15) is 14.4 Å². The van der Waals surface area contributed by atoms with Gasteiger partial charge in [-0.15, -0.1) is 0 Å². The maximum absolute atomic E-state index is 12.5. The molecule has 1 aromatic carbocycles. The lowest BCUT2D eigenvalue weighted by molar-refractivity contribution is -0.139. The summed E-state index contributed by atoms with van der Waals surface area (Å²) in [5.74, 6) is -0.209. The number of benzene rings is 1. The van der Waals surface area contributed by atoms with Crippen molar-refractivity contribution in [1.82, 2.24) is 4.90 Å². The lowest BCUT2D eigenvalue weighted by atomic mass is 10.1. The van der Waals surface area contributed by atoms with Crippen LogP contribution in [0.3, 0.4) is 0 Å². The van der Waals surface area contributed by atoms with Crippen molar-refractivity contribution in [3.8, 4) is 5.75 Å². The van der Waals surface area contributed by atoms with Crippen LogP contribution in [0.15, 0.2) is 36.4 Å². The van der Waals surface area contributed by atoms with E-state index < -0.39 is 23.7 Å². The maximum Gasteiger partial charge on any atom is 0.411 e. The van der Waals surface area contributed by atoms with Crippen molar-refractivity contribution >= 4 is 17.8 Å². The average molecular weight is 359 g/mol. The molecule has 1 saturated heterocycles. The highest BCUT2D eigenvalue weighted by molar-refractivity contribution is 5.96. The Kier molecular flexibility index (Phi) is 5.85. The molecule has 1 heterocycles. The van der Waals surface area contributed by atoms with Crippen LogP contribution in [0, 0.1) is 0 Å². The topological polar surface area (TPSA) is 72.9 Å². The van der Waals surface area contributed by atoms with Gasteiger partial charge in [-0.1, -0.05) is 19.1 Å². The molecule has 26 heavy (non-hydrogen) atoms. The summed E-state index contributed by atoms with van der Waals surface area (Å²) in [5.41, 5.74) is 0.676. The second-order valence-electron chi connectivity index (χ2n) is 7.30. The SMILES string of the molecule is C=C1C[C@@H](C(=O)Oc2ccc(C(=O)CC)cc2)N(C(=O)OC(C)(C)C)C1. The second kappa shape index (κ2) is 7.72. The number of ketones is 1. The number of likely N-dealkylation sites (tertiary alicyclic amines) is 1. The lowest BCUT2D eigenvalue weighted by Gasteiger charge is -2.27. The standard InChI is InChI=1S/C20H25NO5/c1-6-17(22)14-7-9-15(10-8-14)25-18(23)16-11-13(2)12-21(16)19(24)26-20(3,4)5/h7-10,16H,2,6,11-12H2,1,3-5H3/t16-/m0/s1. The van der Waals surface area contributed by atoms with Gasteiger partial charge in [-0.05, 0) is 45.0 Å². The molecule has 6 heteroatoms. The molecule has 0 N–H and O–H groups in total. The first kappa shape index (κ1) is 19.7. The van der Waals surface area contributed by atoms with E-state index in [-0.39, 0.29) is 12.3 Å². The van der Waals surface area contributed by atoms with Crippen molar-refractivity contribution in [2.75, 3.05) is 6.54 Å². The van der Waals surface area contributed by atoms with Crippen molar-refractivity contribution in [2.45, 2.75) is 52.2 Å². The number of carbonyl (C=O) groups excluding carboxylic acids is 3. The molecule has 1 fully saturated rings. The quantitative estimate of drug-likeness (QED) is 0.354. The number of carbonyl (C=O) groups is 3. The molecule has 0 unspecified atom stereocenters.